The number of aromatic hydroxyl groups is 2. The van der Waals surface area contributed by atoms with Gasteiger partial charge in [-0.05, 0) is 54.4 Å². The fourth-order valence-corrected chi connectivity index (χ4v) is 3.47. The average molecular weight is 460 g/mol. The third kappa shape index (κ3) is 5.97. The van der Waals surface area contributed by atoms with Crippen LogP contribution in [0.15, 0.2) is 122 Å². The van der Waals surface area contributed by atoms with Crippen LogP contribution >= 0.6 is 0 Å². The molecular weight excluding hydrogens is 434 g/mol. The molecule has 0 aliphatic heterocycles. The molecule has 3 aromatic heterocycles. The first-order chi connectivity index (χ1) is 17.1. The standard InChI is InChI=1S/C12H8N2.C11H9N.C7H8O2/c1-3-9-5-6-10-4-2-8-14-12(10)11(9)13-7-1;1-2-4-10(5-3-1)11-6-8-12-9-7-11;1-5-6(8)3-2-4-7(5)9/h1-8H;1-9H;2-4,8-9H,1H3. The number of nitrogens with zero attached hydrogens (tertiary/aromatic N) is 3. The van der Waals surface area contributed by atoms with Crippen LogP contribution in [-0.4, -0.2) is 25.2 Å². The monoisotopic (exact) mass is 459 g/mol. The molecule has 5 nitrogen and oxygen atoms in total. The summed E-state index contributed by atoms with van der Waals surface area (Å²) in [6.45, 7) is 1.66. The summed E-state index contributed by atoms with van der Waals surface area (Å²) in [6.07, 6.45) is 7.22. The number of rotatable bonds is 1. The fourth-order valence-electron chi connectivity index (χ4n) is 3.47. The molecule has 0 bridgehead atoms. The van der Waals surface area contributed by atoms with Gasteiger partial charge < -0.3 is 10.2 Å². The summed E-state index contributed by atoms with van der Waals surface area (Å²) >= 11 is 0. The van der Waals surface area contributed by atoms with Crippen molar-refractivity contribution in [1.82, 2.24) is 15.0 Å². The number of hydrogen-bond acceptors (Lipinski definition) is 5. The van der Waals surface area contributed by atoms with Crippen molar-refractivity contribution in [3.05, 3.63) is 127 Å². The van der Waals surface area contributed by atoms with Crippen molar-refractivity contribution >= 4 is 21.8 Å². The zero-order valence-electron chi connectivity index (χ0n) is 19.3. The van der Waals surface area contributed by atoms with Gasteiger partial charge in [-0.3, -0.25) is 15.0 Å². The van der Waals surface area contributed by atoms with E-state index < -0.39 is 0 Å². The molecule has 0 atom stereocenters. The van der Waals surface area contributed by atoms with Crippen LogP contribution in [0.4, 0.5) is 0 Å². The summed E-state index contributed by atoms with van der Waals surface area (Å²) in [7, 11) is 0. The number of aromatic nitrogens is 3. The van der Waals surface area contributed by atoms with Crippen LogP contribution in [0, 0.1) is 6.92 Å². The number of phenols is 2. The minimum Gasteiger partial charge on any atom is -0.508 e. The second-order valence-electron chi connectivity index (χ2n) is 7.74. The van der Waals surface area contributed by atoms with Crippen LogP contribution in [0.3, 0.4) is 0 Å². The normalized spacial score (nSPS) is 10.1. The molecule has 0 saturated carbocycles. The first kappa shape index (κ1) is 23.4. The van der Waals surface area contributed by atoms with Crippen molar-refractivity contribution in [2.75, 3.05) is 0 Å². The Bertz CT molecular complexity index is 1410. The van der Waals surface area contributed by atoms with Crippen LogP contribution in [0.2, 0.25) is 0 Å². The molecule has 172 valence electrons. The van der Waals surface area contributed by atoms with E-state index in [2.05, 4.69) is 51.4 Å². The summed E-state index contributed by atoms with van der Waals surface area (Å²) in [6, 6.07) is 31.1. The Hall–Kier alpha value is -4.77. The van der Waals surface area contributed by atoms with E-state index in [1.807, 2.05) is 54.9 Å². The lowest BCUT2D eigenvalue weighted by Crippen LogP contribution is -1.83. The van der Waals surface area contributed by atoms with Gasteiger partial charge in [0.15, 0.2) is 0 Å². The summed E-state index contributed by atoms with van der Waals surface area (Å²) in [5.41, 5.74) is 4.93. The minimum absolute atomic E-state index is 0.134. The lowest BCUT2D eigenvalue weighted by Gasteiger charge is -2.00. The van der Waals surface area contributed by atoms with Gasteiger partial charge in [0.05, 0.1) is 11.0 Å². The Morgan fingerprint density at radius 1 is 0.486 bits per heavy atom. The Labute approximate surface area is 204 Å². The molecule has 0 amide bonds. The highest BCUT2D eigenvalue weighted by molar-refractivity contribution is 6.02. The number of phenolic OH excluding ortho intramolecular Hbond substituents is 2. The fraction of sp³-hybridized carbons (Fsp3) is 0.0333. The smallest absolute Gasteiger partial charge is 0.122 e. The van der Waals surface area contributed by atoms with Gasteiger partial charge >= 0.3 is 0 Å². The summed E-state index contributed by atoms with van der Waals surface area (Å²) in [4.78, 5) is 12.7. The number of hydrogen-bond donors (Lipinski definition) is 2. The van der Waals surface area contributed by atoms with Crippen LogP contribution in [0.1, 0.15) is 5.56 Å². The van der Waals surface area contributed by atoms with E-state index in [1.54, 1.807) is 25.4 Å². The van der Waals surface area contributed by atoms with Crippen molar-refractivity contribution in [2.24, 2.45) is 0 Å². The van der Waals surface area contributed by atoms with Gasteiger partial charge in [0.1, 0.15) is 11.5 Å². The summed E-state index contributed by atoms with van der Waals surface area (Å²) in [5, 5.41) is 20.2. The lowest BCUT2D eigenvalue weighted by atomic mass is 10.1. The summed E-state index contributed by atoms with van der Waals surface area (Å²) in [5.74, 6) is 0.269. The van der Waals surface area contributed by atoms with Crippen molar-refractivity contribution in [1.29, 1.82) is 0 Å². The van der Waals surface area contributed by atoms with Crippen LogP contribution < -0.4 is 0 Å². The van der Waals surface area contributed by atoms with E-state index in [0.29, 0.717) is 5.56 Å². The molecule has 0 aliphatic carbocycles. The highest BCUT2D eigenvalue weighted by atomic mass is 16.3. The number of pyridine rings is 3. The maximum atomic E-state index is 8.94. The Kier molecular flexibility index (Phi) is 7.61. The van der Waals surface area contributed by atoms with Crippen LogP contribution in [-0.2, 0) is 0 Å². The van der Waals surface area contributed by atoms with Crippen LogP contribution in [0.25, 0.3) is 32.9 Å². The van der Waals surface area contributed by atoms with Gasteiger partial charge in [0, 0.05) is 41.1 Å². The third-order valence-electron chi connectivity index (χ3n) is 5.41. The highest BCUT2D eigenvalue weighted by Gasteiger charge is 2.00. The molecule has 3 aromatic carbocycles. The maximum absolute atomic E-state index is 8.94. The Morgan fingerprint density at radius 3 is 1.51 bits per heavy atom. The first-order valence-corrected chi connectivity index (χ1v) is 11.1. The Balaban J connectivity index is 0.000000127. The van der Waals surface area contributed by atoms with Crippen molar-refractivity contribution in [2.45, 2.75) is 6.92 Å². The molecule has 0 spiro atoms. The zero-order chi connectivity index (χ0) is 24.5. The van der Waals surface area contributed by atoms with E-state index in [9.17, 15) is 0 Å². The van der Waals surface area contributed by atoms with Gasteiger partial charge in [0.25, 0.3) is 0 Å². The molecule has 0 fully saturated rings. The van der Waals surface area contributed by atoms with E-state index in [0.717, 1.165) is 21.8 Å². The molecule has 6 aromatic rings. The lowest BCUT2D eigenvalue weighted by molar-refractivity contribution is 0.443. The first-order valence-electron chi connectivity index (χ1n) is 11.1. The van der Waals surface area contributed by atoms with Crippen molar-refractivity contribution in [3.63, 3.8) is 0 Å². The largest absolute Gasteiger partial charge is 0.508 e. The van der Waals surface area contributed by atoms with Gasteiger partial charge in [-0.25, -0.2) is 0 Å². The minimum atomic E-state index is 0.134. The summed E-state index contributed by atoms with van der Waals surface area (Å²) < 4.78 is 0. The zero-order valence-corrected chi connectivity index (χ0v) is 19.3. The molecule has 0 aliphatic rings. The van der Waals surface area contributed by atoms with E-state index in [1.165, 1.54) is 23.3 Å². The predicted octanol–water partition coefficient (Wildman–Crippen LogP) is 6.94. The molecule has 0 unspecified atom stereocenters. The molecule has 35 heavy (non-hydrogen) atoms. The van der Waals surface area contributed by atoms with E-state index >= 15 is 0 Å². The number of benzene rings is 3. The van der Waals surface area contributed by atoms with Crippen molar-refractivity contribution in [3.8, 4) is 22.6 Å². The second-order valence-corrected chi connectivity index (χ2v) is 7.74. The Morgan fingerprint density at radius 2 is 1.00 bits per heavy atom. The molecule has 6 rings (SSSR count). The van der Waals surface area contributed by atoms with E-state index in [-0.39, 0.29) is 11.5 Å². The topological polar surface area (TPSA) is 79.1 Å². The van der Waals surface area contributed by atoms with Gasteiger partial charge in [-0.2, -0.15) is 0 Å². The highest BCUT2D eigenvalue weighted by Crippen LogP contribution is 2.24. The van der Waals surface area contributed by atoms with Gasteiger partial charge in [-0.15, -0.1) is 0 Å². The average Bonchev–Trinajstić information content (AvgIpc) is 2.93. The predicted molar refractivity (Wildman–Crippen MR) is 141 cm³/mol. The molecule has 5 heteroatoms. The molecule has 0 saturated heterocycles. The van der Waals surface area contributed by atoms with Crippen LogP contribution in [0.5, 0.6) is 11.5 Å². The van der Waals surface area contributed by atoms with E-state index in [4.69, 9.17) is 10.2 Å². The molecule has 3 heterocycles. The van der Waals surface area contributed by atoms with Gasteiger partial charge in [-0.1, -0.05) is 60.7 Å². The molecule has 2 N–H and O–H groups in total. The maximum Gasteiger partial charge on any atom is 0.122 e. The third-order valence-corrected chi connectivity index (χ3v) is 5.41. The number of fused-ring (bicyclic) bond motifs is 3. The second kappa shape index (κ2) is 11.4. The van der Waals surface area contributed by atoms with Crippen molar-refractivity contribution < 1.29 is 10.2 Å². The quantitative estimate of drug-likeness (QED) is 0.260. The molecule has 0 radical (unpaired) electrons. The van der Waals surface area contributed by atoms with Gasteiger partial charge in [0.2, 0.25) is 0 Å². The SMILES string of the molecule is Cc1c(O)cccc1O.c1ccc(-c2ccncc2)cc1.c1cnc2c(c1)ccc1cccnc12. The molecular formula is C30H25N3O2.